The number of rotatable bonds is 8. The van der Waals surface area contributed by atoms with Crippen LogP contribution in [0.2, 0.25) is 0 Å². The molecule has 0 unspecified atom stereocenters. The van der Waals surface area contributed by atoms with Gasteiger partial charge in [-0.2, -0.15) is 0 Å². The summed E-state index contributed by atoms with van der Waals surface area (Å²) in [6.07, 6.45) is 3.22. The molecule has 0 saturated carbocycles. The summed E-state index contributed by atoms with van der Waals surface area (Å²) in [6.45, 7) is 8.86. The third-order valence-corrected chi connectivity index (χ3v) is 2.37. The van der Waals surface area contributed by atoms with E-state index in [0.717, 1.165) is 39.3 Å². The molecule has 0 radical (unpaired) electrons. The van der Waals surface area contributed by atoms with E-state index >= 15 is 0 Å². The lowest BCUT2D eigenvalue weighted by atomic mass is 10.4. The van der Waals surface area contributed by atoms with E-state index in [9.17, 15) is 0 Å². The molecule has 0 bridgehead atoms. The summed E-state index contributed by atoms with van der Waals surface area (Å²) in [5.41, 5.74) is 1.35. The summed E-state index contributed by atoms with van der Waals surface area (Å²) >= 11 is 0. The van der Waals surface area contributed by atoms with E-state index in [-0.39, 0.29) is 0 Å². The van der Waals surface area contributed by atoms with Crippen molar-refractivity contribution in [3.8, 4) is 0 Å². The summed E-state index contributed by atoms with van der Waals surface area (Å²) in [4.78, 5) is 0. The highest BCUT2D eigenvalue weighted by Gasteiger charge is 1.99. The molecule has 0 spiro atoms. The van der Waals surface area contributed by atoms with Crippen molar-refractivity contribution in [1.82, 2.24) is 9.88 Å². The zero-order valence-corrected chi connectivity index (χ0v) is 9.83. The molecule has 15 heavy (non-hydrogen) atoms. The first-order valence-electron chi connectivity index (χ1n) is 5.81. The number of nitrogens with one attached hydrogen (secondary N) is 1. The molecule has 0 aliphatic rings. The minimum absolute atomic E-state index is 0.815. The van der Waals surface area contributed by atoms with Gasteiger partial charge < -0.3 is 14.6 Å². The minimum Gasteiger partial charge on any atom is -0.382 e. The summed E-state index contributed by atoms with van der Waals surface area (Å²) in [5, 5.41) is 3.34. The van der Waals surface area contributed by atoms with Crippen LogP contribution in [0.1, 0.15) is 26.0 Å². The summed E-state index contributed by atoms with van der Waals surface area (Å²) in [6, 6.07) is 4.27. The Kier molecular flexibility index (Phi) is 6.12. The Morgan fingerprint density at radius 3 is 3.00 bits per heavy atom. The van der Waals surface area contributed by atoms with Gasteiger partial charge in [0.2, 0.25) is 0 Å². The van der Waals surface area contributed by atoms with Gasteiger partial charge in [-0.15, -0.1) is 0 Å². The van der Waals surface area contributed by atoms with Gasteiger partial charge >= 0.3 is 0 Å². The van der Waals surface area contributed by atoms with E-state index < -0.39 is 0 Å². The van der Waals surface area contributed by atoms with E-state index in [1.54, 1.807) is 0 Å². The Morgan fingerprint density at radius 1 is 1.40 bits per heavy atom. The van der Waals surface area contributed by atoms with E-state index in [1.165, 1.54) is 5.69 Å². The molecule has 1 aromatic heterocycles. The second-order valence-corrected chi connectivity index (χ2v) is 3.52. The molecule has 86 valence electrons. The third kappa shape index (κ3) is 4.49. The number of nitrogens with zero attached hydrogens (tertiary/aromatic N) is 1. The fraction of sp³-hybridized carbons (Fsp3) is 0.667. The van der Waals surface area contributed by atoms with Gasteiger partial charge in [0.25, 0.3) is 0 Å². The number of ether oxygens (including phenoxy) is 1. The van der Waals surface area contributed by atoms with Gasteiger partial charge in [-0.1, -0.05) is 6.92 Å². The molecule has 1 rings (SSSR count). The lowest BCUT2D eigenvalue weighted by Gasteiger charge is -2.09. The topological polar surface area (TPSA) is 26.2 Å². The van der Waals surface area contributed by atoms with Crippen molar-refractivity contribution in [1.29, 1.82) is 0 Å². The van der Waals surface area contributed by atoms with E-state index in [1.807, 2.05) is 6.92 Å². The van der Waals surface area contributed by atoms with Crippen LogP contribution in [0.4, 0.5) is 0 Å². The normalized spacial score (nSPS) is 10.8. The highest BCUT2D eigenvalue weighted by Crippen LogP contribution is 2.03. The Hall–Kier alpha value is -0.800. The monoisotopic (exact) mass is 210 g/mol. The molecule has 0 atom stereocenters. The van der Waals surface area contributed by atoms with Gasteiger partial charge in [0, 0.05) is 38.2 Å². The van der Waals surface area contributed by atoms with E-state index in [0.29, 0.717) is 0 Å². The molecular weight excluding hydrogens is 188 g/mol. The SMILES string of the molecule is CCNCc1cccn1CCCOCC. The predicted molar refractivity (Wildman–Crippen MR) is 62.9 cm³/mol. The molecule has 1 N–H and O–H groups in total. The van der Waals surface area contributed by atoms with Crippen LogP contribution < -0.4 is 5.32 Å². The van der Waals surface area contributed by atoms with Crippen molar-refractivity contribution in [2.45, 2.75) is 33.4 Å². The number of hydrogen-bond donors (Lipinski definition) is 1. The van der Waals surface area contributed by atoms with E-state index in [2.05, 4.69) is 35.1 Å². The maximum atomic E-state index is 5.32. The Morgan fingerprint density at radius 2 is 2.27 bits per heavy atom. The van der Waals surface area contributed by atoms with E-state index in [4.69, 9.17) is 4.74 Å². The van der Waals surface area contributed by atoms with Crippen molar-refractivity contribution in [3.63, 3.8) is 0 Å². The molecule has 0 aliphatic heterocycles. The Bertz CT molecular complexity index is 258. The van der Waals surface area contributed by atoms with Gasteiger partial charge in [-0.05, 0) is 32.0 Å². The first-order valence-corrected chi connectivity index (χ1v) is 5.81. The number of aryl methyl sites for hydroxylation is 1. The van der Waals surface area contributed by atoms with Crippen LogP contribution in [0.15, 0.2) is 18.3 Å². The molecule has 0 amide bonds. The lowest BCUT2D eigenvalue weighted by Crippen LogP contribution is -2.15. The molecule has 1 aromatic rings. The molecular formula is C12H22N2O. The highest BCUT2D eigenvalue weighted by molar-refractivity contribution is 5.06. The van der Waals surface area contributed by atoms with Crippen molar-refractivity contribution < 1.29 is 4.74 Å². The van der Waals surface area contributed by atoms with Crippen molar-refractivity contribution >= 4 is 0 Å². The van der Waals surface area contributed by atoms with Crippen molar-refractivity contribution in [3.05, 3.63) is 24.0 Å². The van der Waals surface area contributed by atoms with Crippen LogP contribution >= 0.6 is 0 Å². The molecule has 0 aromatic carbocycles. The predicted octanol–water partition coefficient (Wildman–Crippen LogP) is 2.02. The van der Waals surface area contributed by atoms with Gasteiger partial charge in [0.1, 0.15) is 0 Å². The van der Waals surface area contributed by atoms with Crippen molar-refractivity contribution in [2.75, 3.05) is 19.8 Å². The highest BCUT2D eigenvalue weighted by atomic mass is 16.5. The van der Waals surface area contributed by atoms with Crippen LogP contribution in [-0.2, 0) is 17.8 Å². The van der Waals surface area contributed by atoms with Gasteiger partial charge in [-0.3, -0.25) is 0 Å². The average Bonchev–Trinajstić information content (AvgIpc) is 2.69. The zero-order chi connectivity index (χ0) is 10.9. The second kappa shape index (κ2) is 7.49. The first-order chi connectivity index (χ1) is 7.38. The minimum atomic E-state index is 0.815. The summed E-state index contributed by atoms with van der Waals surface area (Å²) in [5.74, 6) is 0. The van der Waals surface area contributed by atoms with Crippen LogP contribution in [-0.4, -0.2) is 24.3 Å². The fourth-order valence-electron chi connectivity index (χ4n) is 1.56. The largest absolute Gasteiger partial charge is 0.382 e. The third-order valence-electron chi connectivity index (χ3n) is 2.37. The smallest absolute Gasteiger partial charge is 0.0482 e. The second-order valence-electron chi connectivity index (χ2n) is 3.52. The maximum Gasteiger partial charge on any atom is 0.0482 e. The molecule has 3 nitrogen and oxygen atoms in total. The molecule has 3 heteroatoms. The lowest BCUT2D eigenvalue weighted by molar-refractivity contribution is 0.141. The fourth-order valence-corrected chi connectivity index (χ4v) is 1.56. The molecule has 1 heterocycles. The number of aromatic nitrogens is 1. The van der Waals surface area contributed by atoms with Crippen LogP contribution in [0.5, 0.6) is 0 Å². The average molecular weight is 210 g/mol. The molecule has 0 saturated heterocycles. The first kappa shape index (κ1) is 12.3. The van der Waals surface area contributed by atoms with Gasteiger partial charge in [-0.25, -0.2) is 0 Å². The summed E-state index contributed by atoms with van der Waals surface area (Å²) < 4.78 is 7.62. The van der Waals surface area contributed by atoms with Crippen LogP contribution in [0.25, 0.3) is 0 Å². The Balaban J connectivity index is 2.29. The maximum absolute atomic E-state index is 5.32. The standard InChI is InChI=1S/C12H22N2O/c1-3-13-11-12-7-5-8-14(12)9-6-10-15-4-2/h5,7-8,13H,3-4,6,9-11H2,1-2H3. The van der Waals surface area contributed by atoms with Gasteiger partial charge in [0.15, 0.2) is 0 Å². The quantitative estimate of drug-likeness (QED) is 0.664. The van der Waals surface area contributed by atoms with Crippen LogP contribution in [0.3, 0.4) is 0 Å². The van der Waals surface area contributed by atoms with Crippen LogP contribution in [0, 0.1) is 0 Å². The number of hydrogen-bond acceptors (Lipinski definition) is 2. The zero-order valence-electron chi connectivity index (χ0n) is 9.83. The van der Waals surface area contributed by atoms with Crippen molar-refractivity contribution in [2.24, 2.45) is 0 Å². The van der Waals surface area contributed by atoms with Gasteiger partial charge in [0.05, 0.1) is 0 Å². The molecule has 0 aliphatic carbocycles. The molecule has 0 fully saturated rings. The summed E-state index contributed by atoms with van der Waals surface area (Å²) in [7, 11) is 0. The Labute approximate surface area is 92.4 Å².